The van der Waals surface area contributed by atoms with Gasteiger partial charge in [0.25, 0.3) is 5.91 Å². The van der Waals surface area contributed by atoms with Gasteiger partial charge in [-0.2, -0.15) is 0 Å². The Bertz CT molecular complexity index is 1020. The number of methoxy groups -OCH3 is 1. The monoisotopic (exact) mass is 408 g/mol. The molecule has 2 heterocycles. The molecule has 0 saturated carbocycles. The van der Waals surface area contributed by atoms with Crippen LogP contribution in [-0.4, -0.2) is 35.4 Å². The van der Waals surface area contributed by atoms with Crippen LogP contribution in [0.15, 0.2) is 54.6 Å². The molecule has 1 aliphatic heterocycles. The lowest BCUT2D eigenvalue weighted by Gasteiger charge is -2.19. The van der Waals surface area contributed by atoms with Gasteiger partial charge in [-0.05, 0) is 23.3 Å². The summed E-state index contributed by atoms with van der Waals surface area (Å²) >= 11 is 1.25. The van der Waals surface area contributed by atoms with Crippen molar-refractivity contribution in [3.8, 4) is 5.75 Å². The number of fused-ring (bicyclic) bond motifs is 1. The summed E-state index contributed by atoms with van der Waals surface area (Å²) in [5.41, 5.74) is 2.02. The Hall–Kier alpha value is -3.39. The van der Waals surface area contributed by atoms with Crippen LogP contribution in [0.1, 0.15) is 20.8 Å². The summed E-state index contributed by atoms with van der Waals surface area (Å²) in [5, 5.41) is 6.55. The maximum absolute atomic E-state index is 13.0. The summed E-state index contributed by atoms with van der Waals surface area (Å²) in [4.78, 5) is 31.7. The zero-order chi connectivity index (χ0) is 20.2. The number of ether oxygens (including phenoxy) is 1. The highest BCUT2D eigenvalue weighted by Gasteiger charge is 2.29. The number of benzene rings is 2. The van der Waals surface area contributed by atoms with Gasteiger partial charge in [0.15, 0.2) is 10.9 Å². The molecule has 2 aromatic carbocycles. The van der Waals surface area contributed by atoms with Gasteiger partial charge in [-0.25, -0.2) is 4.98 Å². The molecule has 7 nitrogen and oxygen atoms in total. The molecule has 0 spiro atoms. The lowest BCUT2D eigenvalue weighted by molar-refractivity contribution is -0.116. The SMILES string of the molecule is COc1ccc(CNc2nc3c(s2)C(=O)N(Cc2ccccc2)CC(=O)N3)cc1. The van der Waals surface area contributed by atoms with Gasteiger partial charge in [0.2, 0.25) is 5.91 Å². The smallest absolute Gasteiger partial charge is 0.268 e. The van der Waals surface area contributed by atoms with E-state index in [9.17, 15) is 9.59 Å². The number of amides is 2. The summed E-state index contributed by atoms with van der Waals surface area (Å²) in [6.45, 7) is 0.927. The van der Waals surface area contributed by atoms with Crippen LogP contribution >= 0.6 is 11.3 Å². The fourth-order valence-electron chi connectivity index (χ4n) is 3.04. The third-order valence-electron chi connectivity index (χ3n) is 4.52. The second-order valence-electron chi connectivity index (χ2n) is 6.59. The molecule has 1 aliphatic rings. The minimum absolute atomic E-state index is 0.00537. The van der Waals surface area contributed by atoms with Crippen molar-refractivity contribution in [3.05, 3.63) is 70.6 Å². The van der Waals surface area contributed by atoms with Gasteiger partial charge in [-0.15, -0.1) is 0 Å². The number of nitrogens with zero attached hydrogens (tertiary/aromatic N) is 2. The number of carbonyl (C=O) groups is 2. The van der Waals surface area contributed by atoms with Crippen LogP contribution in [0.25, 0.3) is 0 Å². The number of hydrogen-bond acceptors (Lipinski definition) is 6. The number of rotatable bonds is 6. The number of carbonyl (C=O) groups excluding carboxylic acids is 2. The molecule has 0 saturated heterocycles. The van der Waals surface area contributed by atoms with E-state index in [1.54, 1.807) is 12.0 Å². The molecule has 2 N–H and O–H groups in total. The van der Waals surface area contributed by atoms with Crippen LogP contribution in [0.3, 0.4) is 0 Å². The average Bonchev–Trinajstić information content (AvgIpc) is 3.10. The highest BCUT2D eigenvalue weighted by atomic mass is 32.1. The van der Waals surface area contributed by atoms with Gasteiger partial charge < -0.3 is 20.3 Å². The van der Waals surface area contributed by atoms with Crippen molar-refractivity contribution in [2.75, 3.05) is 24.3 Å². The maximum Gasteiger partial charge on any atom is 0.268 e. The molecule has 2 amide bonds. The van der Waals surface area contributed by atoms with E-state index in [1.165, 1.54) is 11.3 Å². The first-order chi connectivity index (χ1) is 14.1. The van der Waals surface area contributed by atoms with Crippen molar-refractivity contribution in [2.45, 2.75) is 13.1 Å². The van der Waals surface area contributed by atoms with Crippen molar-refractivity contribution < 1.29 is 14.3 Å². The molecule has 8 heteroatoms. The van der Waals surface area contributed by atoms with Gasteiger partial charge in [-0.3, -0.25) is 9.59 Å². The van der Waals surface area contributed by atoms with Crippen LogP contribution in [0.4, 0.5) is 10.9 Å². The summed E-state index contributed by atoms with van der Waals surface area (Å²) in [7, 11) is 1.63. The van der Waals surface area contributed by atoms with Crippen LogP contribution in [0.5, 0.6) is 5.75 Å². The third-order valence-corrected chi connectivity index (χ3v) is 5.52. The molecule has 3 aromatic rings. The zero-order valence-electron chi connectivity index (χ0n) is 15.8. The van der Waals surface area contributed by atoms with Gasteiger partial charge >= 0.3 is 0 Å². The lowest BCUT2D eigenvalue weighted by atomic mass is 10.2. The van der Waals surface area contributed by atoms with E-state index in [0.717, 1.165) is 16.9 Å². The molecule has 148 valence electrons. The number of thiazole rings is 1. The predicted octanol–water partition coefficient (Wildman–Crippen LogP) is 3.36. The van der Waals surface area contributed by atoms with Gasteiger partial charge in [0.05, 0.1) is 7.11 Å². The molecular formula is C21H20N4O3S. The Morgan fingerprint density at radius 3 is 2.59 bits per heavy atom. The van der Waals surface area contributed by atoms with Crippen LogP contribution in [0, 0.1) is 0 Å². The largest absolute Gasteiger partial charge is 0.497 e. The highest BCUT2D eigenvalue weighted by Crippen LogP contribution is 2.31. The summed E-state index contributed by atoms with van der Waals surface area (Å²) < 4.78 is 5.16. The zero-order valence-corrected chi connectivity index (χ0v) is 16.7. The average molecular weight is 408 g/mol. The van der Waals surface area contributed by atoms with Crippen LogP contribution in [0.2, 0.25) is 0 Å². The Morgan fingerprint density at radius 2 is 1.86 bits per heavy atom. The minimum Gasteiger partial charge on any atom is -0.497 e. The maximum atomic E-state index is 13.0. The number of aromatic nitrogens is 1. The first-order valence-corrected chi connectivity index (χ1v) is 9.94. The van der Waals surface area contributed by atoms with Gasteiger partial charge in [-0.1, -0.05) is 53.8 Å². The summed E-state index contributed by atoms with van der Waals surface area (Å²) in [6.07, 6.45) is 0. The molecular weight excluding hydrogens is 388 g/mol. The summed E-state index contributed by atoms with van der Waals surface area (Å²) in [6, 6.07) is 17.3. The van der Waals surface area contributed by atoms with E-state index in [0.29, 0.717) is 28.9 Å². The third kappa shape index (κ3) is 4.38. The number of nitrogens with one attached hydrogen (secondary N) is 2. The molecule has 0 fully saturated rings. The fraction of sp³-hybridized carbons (Fsp3) is 0.190. The van der Waals surface area contributed by atoms with Gasteiger partial charge in [0.1, 0.15) is 17.2 Å². The Kier molecular flexibility index (Phi) is 5.44. The topological polar surface area (TPSA) is 83.6 Å². The highest BCUT2D eigenvalue weighted by molar-refractivity contribution is 7.18. The number of hydrogen-bond donors (Lipinski definition) is 2. The quantitative estimate of drug-likeness (QED) is 0.654. The normalized spacial score (nSPS) is 13.5. The molecule has 0 unspecified atom stereocenters. The van der Waals surface area contributed by atoms with Crippen molar-refractivity contribution in [2.24, 2.45) is 0 Å². The fourth-order valence-corrected chi connectivity index (χ4v) is 3.92. The standard InChI is InChI=1S/C21H20N4O3S/c1-28-16-9-7-14(8-10-16)11-22-21-24-19-18(29-21)20(27)25(13-17(26)23-19)12-15-5-3-2-4-6-15/h2-10H,11-13H2,1H3,(H,22,24)(H,23,26). The first kappa shape index (κ1) is 18.9. The lowest BCUT2D eigenvalue weighted by Crippen LogP contribution is -2.34. The Labute approximate surface area is 172 Å². The minimum atomic E-state index is -0.250. The molecule has 0 bridgehead atoms. The van der Waals surface area contributed by atoms with Crippen molar-refractivity contribution in [1.29, 1.82) is 0 Å². The second-order valence-corrected chi connectivity index (χ2v) is 7.59. The van der Waals surface area contributed by atoms with E-state index < -0.39 is 0 Å². The second kappa shape index (κ2) is 8.32. The molecule has 0 aliphatic carbocycles. The van der Waals surface area contributed by atoms with Crippen molar-refractivity contribution in [3.63, 3.8) is 0 Å². The molecule has 1 aromatic heterocycles. The van der Waals surface area contributed by atoms with E-state index in [2.05, 4.69) is 15.6 Å². The van der Waals surface area contributed by atoms with Gasteiger partial charge in [0, 0.05) is 13.1 Å². The van der Waals surface area contributed by atoms with E-state index in [1.807, 2.05) is 54.6 Å². The van der Waals surface area contributed by atoms with Crippen LogP contribution < -0.4 is 15.4 Å². The Balaban J connectivity index is 1.49. The van der Waals surface area contributed by atoms with Crippen LogP contribution in [-0.2, 0) is 17.9 Å². The molecule has 29 heavy (non-hydrogen) atoms. The van der Waals surface area contributed by atoms with E-state index in [-0.39, 0.29) is 18.4 Å². The van der Waals surface area contributed by atoms with E-state index >= 15 is 0 Å². The molecule has 0 radical (unpaired) electrons. The summed E-state index contributed by atoms with van der Waals surface area (Å²) in [5.74, 6) is 0.663. The predicted molar refractivity (Wildman–Crippen MR) is 112 cm³/mol. The van der Waals surface area contributed by atoms with Crippen molar-refractivity contribution >= 4 is 34.1 Å². The number of anilines is 2. The first-order valence-electron chi connectivity index (χ1n) is 9.13. The Morgan fingerprint density at radius 1 is 1.10 bits per heavy atom. The van der Waals surface area contributed by atoms with E-state index in [4.69, 9.17) is 4.74 Å². The molecule has 0 atom stereocenters. The van der Waals surface area contributed by atoms with Crippen molar-refractivity contribution in [1.82, 2.24) is 9.88 Å². The molecule has 4 rings (SSSR count).